The third-order valence-corrected chi connectivity index (χ3v) is 5.58. The van der Waals surface area contributed by atoms with E-state index < -0.39 is 0 Å². The minimum atomic E-state index is -0.0968. The number of benzene rings is 2. The normalized spacial score (nSPS) is 10.6. The zero-order chi connectivity index (χ0) is 21.5. The first-order valence-electron chi connectivity index (χ1n) is 9.65. The molecule has 0 spiro atoms. The van der Waals surface area contributed by atoms with Gasteiger partial charge in [-0.2, -0.15) is 0 Å². The van der Waals surface area contributed by atoms with Crippen molar-refractivity contribution in [1.82, 2.24) is 14.8 Å². The number of nitrogens with one attached hydrogen (secondary N) is 2. The van der Waals surface area contributed by atoms with Crippen LogP contribution in [-0.4, -0.2) is 32.3 Å². The summed E-state index contributed by atoms with van der Waals surface area (Å²) in [4.78, 5) is 24.4. The summed E-state index contributed by atoms with van der Waals surface area (Å²) in [5.74, 6) is 0.760. The number of amides is 2. The lowest BCUT2D eigenvalue weighted by atomic mass is 10.1. The van der Waals surface area contributed by atoms with Gasteiger partial charge in [-0.3, -0.25) is 9.59 Å². The van der Waals surface area contributed by atoms with Gasteiger partial charge in [0.05, 0.1) is 5.75 Å². The Morgan fingerprint density at radius 1 is 1.00 bits per heavy atom. The molecule has 30 heavy (non-hydrogen) atoms. The van der Waals surface area contributed by atoms with Crippen molar-refractivity contribution in [2.45, 2.75) is 31.8 Å². The highest BCUT2D eigenvalue weighted by molar-refractivity contribution is 7.99. The number of hydrogen-bond acceptors (Lipinski definition) is 5. The number of thioether (sulfide) groups is 1. The third-order valence-electron chi connectivity index (χ3n) is 4.56. The average molecular weight is 424 g/mol. The number of para-hydroxylation sites is 1. The van der Waals surface area contributed by atoms with E-state index in [1.54, 1.807) is 0 Å². The quantitative estimate of drug-likeness (QED) is 0.539. The van der Waals surface area contributed by atoms with Crippen LogP contribution in [0.25, 0.3) is 0 Å². The van der Waals surface area contributed by atoms with Crippen molar-refractivity contribution in [1.29, 1.82) is 0 Å². The molecule has 1 aromatic heterocycles. The molecule has 0 fully saturated rings. The molecule has 156 valence electrons. The van der Waals surface area contributed by atoms with Crippen LogP contribution in [0.1, 0.15) is 23.4 Å². The van der Waals surface area contributed by atoms with Crippen molar-refractivity contribution >= 4 is 35.0 Å². The van der Waals surface area contributed by atoms with E-state index in [1.165, 1.54) is 11.8 Å². The standard InChI is InChI=1S/C22H25N5O2S/c1-15-9-10-16(2)18(13-15)24-21(29)14-30-22-26-25-19(27(22)3)11-12-20(28)23-17-7-5-4-6-8-17/h4-10,13H,11-12,14H2,1-3H3,(H,23,28)(H,24,29). The van der Waals surface area contributed by atoms with Crippen LogP contribution in [0.2, 0.25) is 0 Å². The van der Waals surface area contributed by atoms with Gasteiger partial charge in [0.2, 0.25) is 11.8 Å². The van der Waals surface area contributed by atoms with Gasteiger partial charge in [0.25, 0.3) is 0 Å². The number of nitrogens with zero attached hydrogens (tertiary/aromatic N) is 3. The maximum Gasteiger partial charge on any atom is 0.234 e. The Bertz CT molecular complexity index is 1030. The summed E-state index contributed by atoms with van der Waals surface area (Å²) in [6.45, 7) is 3.95. The molecule has 2 N–H and O–H groups in total. The Labute approximate surface area is 180 Å². The first-order chi connectivity index (χ1) is 14.4. The first-order valence-corrected chi connectivity index (χ1v) is 10.6. The maximum atomic E-state index is 12.3. The van der Waals surface area contributed by atoms with Gasteiger partial charge in [-0.25, -0.2) is 0 Å². The van der Waals surface area contributed by atoms with Crippen LogP contribution in [-0.2, 0) is 23.1 Å². The summed E-state index contributed by atoms with van der Waals surface area (Å²) in [6, 6.07) is 15.3. The summed E-state index contributed by atoms with van der Waals surface area (Å²) in [5.41, 5.74) is 3.71. The molecule has 0 radical (unpaired) electrons. The lowest BCUT2D eigenvalue weighted by molar-refractivity contribution is -0.116. The van der Waals surface area contributed by atoms with E-state index in [0.29, 0.717) is 23.8 Å². The van der Waals surface area contributed by atoms with E-state index in [1.807, 2.05) is 74.0 Å². The molecule has 2 amide bonds. The van der Waals surface area contributed by atoms with Gasteiger partial charge in [0, 0.05) is 31.3 Å². The van der Waals surface area contributed by atoms with Crippen LogP contribution >= 0.6 is 11.8 Å². The largest absolute Gasteiger partial charge is 0.326 e. The Morgan fingerprint density at radius 2 is 1.77 bits per heavy atom. The monoisotopic (exact) mass is 423 g/mol. The second kappa shape index (κ2) is 10.1. The predicted molar refractivity (Wildman–Crippen MR) is 120 cm³/mol. The number of anilines is 2. The van der Waals surface area contributed by atoms with Crippen molar-refractivity contribution in [3.8, 4) is 0 Å². The van der Waals surface area contributed by atoms with E-state index in [2.05, 4.69) is 20.8 Å². The molecule has 1 heterocycles. The number of aryl methyl sites for hydroxylation is 3. The maximum absolute atomic E-state index is 12.3. The third kappa shape index (κ3) is 5.93. The fourth-order valence-electron chi connectivity index (χ4n) is 2.85. The van der Waals surface area contributed by atoms with Gasteiger partial charge in [0.1, 0.15) is 5.82 Å². The molecule has 7 nitrogen and oxygen atoms in total. The highest BCUT2D eigenvalue weighted by Gasteiger charge is 2.13. The molecule has 0 bridgehead atoms. The van der Waals surface area contributed by atoms with E-state index >= 15 is 0 Å². The van der Waals surface area contributed by atoms with Gasteiger partial charge < -0.3 is 15.2 Å². The summed E-state index contributed by atoms with van der Waals surface area (Å²) in [6.07, 6.45) is 0.774. The van der Waals surface area contributed by atoms with E-state index in [-0.39, 0.29) is 17.6 Å². The van der Waals surface area contributed by atoms with Gasteiger partial charge in [0.15, 0.2) is 5.16 Å². The van der Waals surface area contributed by atoms with Crippen molar-refractivity contribution in [3.63, 3.8) is 0 Å². The minimum Gasteiger partial charge on any atom is -0.326 e. The van der Waals surface area contributed by atoms with Gasteiger partial charge in [-0.05, 0) is 43.2 Å². The highest BCUT2D eigenvalue weighted by Crippen LogP contribution is 2.19. The van der Waals surface area contributed by atoms with Crippen molar-refractivity contribution in [3.05, 3.63) is 65.5 Å². The van der Waals surface area contributed by atoms with Crippen LogP contribution < -0.4 is 10.6 Å². The van der Waals surface area contributed by atoms with Crippen LogP contribution in [0.15, 0.2) is 53.7 Å². The highest BCUT2D eigenvalue weighted by atomic mass is 32.2. The number of hydrogen-bond donors (Lipinski definition) is 2. The molecule has 3 rings (SSSR count). The van der Waals surface area contributed by atoms with Gasteiger partial charge in [-0.15, -0.1) is 10.2 Å². The first kappa shape index (κ1) is 21.6. The molecule has 0 saturated heterocycles. The second-order valence-electron chi connectivity index (χ2n) is 7.03. The lowest BCUT2D eigenvalue weighted by Gasteiger charge is -2.09. The summed E-state index contributed by atoms with van der Waals surface area (Å²) in [7, 11) is 1.84. The van der Waals surface area contributed by atoms with E-state index in [9.17, 15) is 9.59 Å². The molecule has 0 atom stereocenters. The van der Waals surface area contributed by atoms with Crippen LogP contribution in [0, 0.1) is 13.8 Å². The lowest BCUT2D eigenvalue weighted by Crippen LogP contribution is -2.15. The molecular weight excluding hydrogens is 398 g/mol. The van der Waals surface area contributed by atoms with E-state index in [4.69, 9.17) is 0 Å². The molecule has 3 aromatic rings. The SMILES string of the molecule is Cc1ccc(C)c(NC(=O)CSc2nnc(CCC(=O)Nc3ccccc3)n2C)c1. The predicted octanol–water partition coefficient (Wildman–Crippen LogP) is 3.73. The average Bonchev–Trinajstić information content (AvgIpc) is 3.08. The zero-order valence-corrected chi connectivity index (χ0v) is 18.1. The summed E-state index contributed by atoms with van der Waals surface area (Å²) in [5, 5.41) is 14.8. The molecule has 0 aliphatic rings. The summed E-state index contributed by atoms with van der Waals surface area (Å²) < 4.78 is 1.83. The molecule has 8 heteroatoms. The van der Waals surface area contributed by atoms with Crippen molar-refractivity contribution in [2.24, 2.45) is 7.05 Å². The fraction of sp³-hybridized carbons (Fsp3) is 0.273. The Kier molecular flexibility index (Phi) is 7.24. The Hall–Kier alpha value is -3.13. The number of carbonyl (C=O) groups excluding carboxylic acids is 2. The van der Waals surface area contributed by atoms with Crippen molar-refractivity contribution in [2.75, 3.05) is 16.4 Å². The molecule has 0 saturated carbocycles. The molecule has 2 aromatic carbocycles. The van der Waals surface area contributed by atoms with Crippen molar-refractivity contribution < 1.29 is 9.59 Å². The van der Waals surface area contributed by atoms with Gasteiger partial charge >= 0.3 is 0 Å². The van der Waals surface area contributed by atoms with Crippen LogP contribution in [0.5, 0.6) is 0 Å². The molecule has 0 aliphatic heterocycles. The smallest absolute Gasteiger partial charge is 0.234 e. The Balaban J connectivity index is 1.49. The number of aromatic nitrogens is 3. The fourth-order valence-corrected chi connectivity index (χ4v) is 3.58. The van der Waals surface area contributed by atoms with E-state index in [0.717, 1.165) is 22.5 Å². The second-order valence-corrected chi connectivity index (χ2v) is 7.97. The Morgan fingerprint density at radius 3 is 2.53 bits per heavy atom. The molecule has 0 unspecified atom stereocenters. The van der Waals surface area contributed by atoms with Crippen LogP contribution in [0.4, 0.5) is 11.4 Å². The number of carbonyl (C=O) groups is 2. The zero-order valence-electron chi connectivity index (χ0n) is 17.3. The number of rotatable bonds is 8. The minimum absolute atomic E-state index is 0.0775. The molecular formula is C22H25N5O2S. The summed E-state index contributed by atoms with van der Waals surface area (Å²) >= 11 is 1.32. The topological polar surface area (TPSA) is 88.9 Å². The molecule has 0 aliphatic carbocycles. The van der Waals surface area contributed by atoms with Crippen LogP contribution in [0.3, 0.4) is 0 Å². The van der Waals surface area contributed by atoms with Gasteiger partial charge in [-0.1, -0.05) is 42.1 Å².